The van der Waals surface area contributed by atoms with Gasteiger partial charge in [-0.2, -0.15) is 5.48 Å². The van der Waals surface area contributed by atoms with E-state index in [-0.39, 0.29) is 25.8 Å². The van der Waals surface area contributed by atoms with Crippen LogP contribution in [-0.4, -0.2) is 51.7 Å². The third kappa shape index (κ3) is 7.92. The lowest BCUT2D eigenvalue weighted by Gasteiger charge is -2.19. The molecule has 0 fully saturated rings. The third-order valence-corrected chi connectivity index (χ3v) is 4.95. The van der Waals surface area contributed by atoms with Gasteiger partial charge in [-0.15, -0.1) is 0 Å². The molecule has 0 spiro atoms. The first-order chi connectivity index (χ1) is 13.8. The number of sulfonamides is 1. The van der Waals surface area contributed by atoms with Crippen molar-refractivity contribution in [3.63, 3.8) is 0 Å². The molecule has 2 aromatic rings. The Hall–Kier alpha value is -2.30. The lowest BCUT2D eigenvalue weighted by Crippen LogP contribution is -2.46. The molecule has 0 bridgehead atoms. The normalized spacial score (nSPS) is 12.5. The first kappa shape index (κ1) is 23.0. The van der Waals surface area contributed by atoms with Crippen molar-refractivity contribution in [1.82, 2.24) is 15.5 Å². The van der Waals surface area contributed by atoms with Gasteiger partial charge in [-0.3, -0.25) is 4.79 Å². The molecule has 1 unspecified atom stereocenters. The zero-order valence-corrected chi connectivity index (χ0v) is 17.3. The molecule has 2 rings (SSSR count). The van der Waals surface area contributed by atoms with E-state index >= 15 is 0 Å². The van der Waals surface area contributed by atoms with Gasteiger partial charge in [0.25, 0.3) is 5.91 Å². The molecular weight excluding hydrogens is 394 g/mol. The minimum Gasteiger partial charge on any atom is -0.362 e. The summed E-state index contributed by atoms with van der Waals surface area (Å²) in [6.07, 6.45) is 2.01. The smallest absolute Gasteiger partial charge is 0.251 e. The molecule has 158 valence electrons. The van der Waals surface area contributed by atoms with Crippen molar-refractivity contribution in [1.29, 1.82) is 0 Å². The number of hydrogen-bond donors (Lipinski definition) is 4. The van der Waals surface area contributed by atoms with Crippen molar-refractivity contribution in [3.05, 3.63) is 59.7 Å². The minimum absolute atomic E-state index is 0.0175. The van der Waals surface area contributed by atoms with E-state index in [4.69, 9.17) is 9.94 Å². The summed E-state index contributed by atoms with van der Waals surface area (Å²) in [5, 5.41) is 11.3. The first-order valence-electron chi connectivity index (χ1n) is 9.22. The zero-order chi connectivity index (χ0) is 21.3. The van der Waals surface area contributed by atoms with E-state index in [1.807, 2.05) is 29.7 Å². The number of carbonyl (C=O) groups is 1. The number of aryl methyl sites for hydroxylation is 1. The topological polar surface area (TPSA) is 117 Å². The Kier molecular flexibility index (Phi) is 8.74. The van der Waals surface area contributed by atoms with Gasteiger partial charge in [0.1, 0.15) is 6.73 Å². The number of carbonyl (C=O) groups excluding carboxylic acids is 1. The van der Waals surface area contributed by atoms with Crippen LogP contribution in [0.3, 0.4) is 0 Å². The molecule has 9 heteroatoms. The Morgan fingerprint density at radius 3 is 2.17 bits per heavy atom. The predicted molar refractivity (Wildman–Crippen MR) is 111 cm³/mol. The van der Waals surface area contributed by atoms with Gasteiger partial charge >= 0.3 is 0 Å². The van der Waals surface area contributed by atoms with Crippen LogP contribution in [0.25, 0.3) is 11.1 Å². The number of hydroxylamine groups is 1. The van der Waals surface area contributed by atoms with Gasteiger partial charge in [0.05, 0.1) is 18.9 Å². The molecule has 0 heterocycles. The summed E-state index contributed by atoms with van der Waals surface area (Å²) in [7, 11) is -3.41. The average Bonchev–Trinajstić information content (AvgIpc) is 2.71. The van der Waals surface area contributed by atoms with Gasteiger partial charge in [0.2, 0.25) is 10.0 Å². The van der Waals surface area contributed by atoms with Crippen LogP contribution in [0.4, 0.5) is 0 Å². The lowest BCUT2D eigenvalue weighted by atomic mass is 10.0. The maximum Gasteiger partial charge on any atom is 0.251 e. The Morgan fingerprint density at radius 1 is 1.07 bits per heavy atom. The molecule has 0 aliphatic carbocycles. The van der Waals surface area contributed by atoms with Crippen LogP contribution in [0.1, 0.15) is 22.8 Å². The summed E-state index contributed by atoms with van der Waals surface area (Å²) in [6.45, 7) is 1.95. The number of amides is 1. The number of benzene rings is 2. The molecule has 0 saturated carbocycles. The molecule has 4 N–H and O–H groups in total. The van der Waals surface area contributed by atoms with Crippen molar-refractivity contribution in [2.45, 2.75) is 19.4 Å². The van der Waals surface area contributed by atoms with Crippen molar-refractivity contribution in [2.75, 3.05) is 26.1 Å². The molecule has 1 amide bonds. The second-order valence-corrected chi connectivity index (χ2v) is 8.43. The summed E-state index contributed by atoms with van der Waals surface area (Å²) < 4.78 is 30.1. The van der Waals surface area contributed by atoms with Crippen LogP contribution in [0, 0.1) is 0 Å². The molecule has 0 saturated heterocycles. The summed E-state index contributed by atoms with van der Waals surface area (Å²) in [5.41, 5.74) is 5.61. The van der Waals surface area contributed by atoms with Crippen LogP contribution in [0.5, 0.6) is 0 Å². The predicted octanol–water partition coefficient (Wildman–Crippen LogP) is 1.52. The van der Waals surface area contributed by atoms with Gasteiger partial charge in [0.15, 0.2) is 0 Å². The Labute approximate surface area is 171 Å². The van der Waals surface area contributed by atoms with Crippen molar-refractivity contribution in [3.8, 4) is 11.1 Å². The van der Waals surface area contributed by atoms with E-state index in [1.165, 1.54) is 5.56 Å². The number of nitrogens with one attached hydrogen (secondary N) is 3. The molecule has 29 heavy (non-hydrogen) atoms. The average molecular weight is 422 g/mol. The molecular formula is C20H27N3O5S. The standard InChI is InChI=1S/C20H27N3O5S/c1-3-15-4-6-16(7-5-15)17-8-10-18(11-9-17)20(24)23-19(13-28-14-21-25)12-22-29(2,26)27/h4-11,19,21-22,25H,3,12-14H2,1-2H3,(H,23,24). The number of ether oxygens (including phenoxy) is 1. The molecule has 0 aromatic heterocycles. The third-order valence-electron chi connectivity index (χ3n) is 4.26. The van der Waals surface area contributed by atoms with Crippen LogP contribution < -0.4 is 15.5 Å². The Morgan fingerprint density at radius 2 is 1.66 bits per heavy atom. The number of rotatable bonds is 11. The van der Waals surface area contributed by atoms with E-state index < -0.39 is 16.1 Å². The lowest BCUT2D eigenvalue weighted by molar-refractivity contribution is 0.0151. The number of hydrogen-bond acceptors (Lipinski definition) is 6. The maximum absolute atomic E-state index is 12.5. The fraction of sp³-hybridized carbons (Fsp3) is 0.350. The largest absolute Gasteiger partial charge is 0.362 e. The molecule has 1 atom stereocenters. The highest BCUT2D eigenvalue weighted by atomic mass is 32.2. The molecule has 2 aromatic carbocycles. The summed E-state index contributed by atoms with van der Waals surface area (Å²) in [6, 6.07) is 14.8. The molecule has 0 aliphatic heterocycles. The fourth-order valence-electron chi connectivity index (χ4n) is 2.67. The highest BCUT2D eigenvalue weighted by molar-refractivity contribution is 7.88. The summed E-state index contributed by atoms with van der Waals surface area (Å²) >= 11 is 0. The van der Waals surface area contributed by atoms with Gasteiger partial charge < -0.3 is 15.3 Å². The maximum atomic E-state index is 12.5. The fourth-order valence-corrected chi connectivity index (χ4v) is 3.17. The van der Waals surface area contributed by atoms with Gasteiger partial charge in [-0.25, -0.2) is 13.1 Å². The van der Waals surface area contributed by atoms with E-state index in [1.54, 1.807) is 12.1 Å². The monoisotopic (exact) mass is 421 g/mol. The Balaban J connectivity index is 2.03. The summed E-state index contributed by atoms with van der Waals surface area (Å²) in [4.78, 5) is 12.5. The van der Waals surface area contributed by atoms with Gasteiger partial charge in [-0.1, -0.05) is 43.3 Å². The molecule has 8 nitrogen and oxygen atoms in total. The van der Waals surface area contributed by atoms with Crippen molar-refractivity contribution in [2.24, 2.45) is 0 Å². The van der Waals surface area contributed by atoms with E-state index in [0.29, 0.717) is 5.56 Å². The SMILES string of the molecule is CCc1ccc(-c2ccc(C(=O)NC(CNS(C)(=O)=O)COCNO)cc2)cc1. The van der Waals surface area contributed by atoms with Gasteiger partial charge in [-0.05, 0) is 35.2 Å². The minimum atomic E-state index is -3.41. The molecule has 0 radical (unpaired) electrons. The Bertz CT molecular complexity index is 883. The second kappa shape index (κ2) is 11.0. The van der Waals surface area contributed by atoms with Crippen LogP contribution in [0.15, 0.2) is 48.5 Å². The van der Waals surface area contributed by atoms with E-state index in [0.717, 1.165) is 23.8 Å². The summed E-state index contributed by atoms with van der Waals surface area (Å²) in [5.74, 6) is -0.348. The second-order valence-electron chi connectivity index (χ2n) is 6.59. The highest BCUT2D eigenvalue weighted by Crippen LogP contribution is 2.20. The zero-order valence-electron chi connectivity index (χ0n) is 16.5. The van der Waals surface area contributed by atoms with E-state index in [2.05, 4.69) is 29.1 Å². The quantitative estimate of drug-likeness (QED) is 0.248. The first-order valence-corrected chi connectivity index (χ1v) is 11.1. The van der Waals surface area contributed by atoms with Crippen molar-refractivity contribution < 1.29 is 23.2 Å². The van der Waals surface area contributed by atoms with Gasteiger partial charge in [0, 0.05) is 12.1 Å². The van der Waals surface area contributed by atoms with Crippen molar-refractivity contribution >= 4 is 15.9 Å². The van der Waals surface area contributed by atoms with Crippen LogP contribution in [0.2, 0.25) is 0 Å². The van der Waals surface area contributed by atoms with E-state index in [9.17, 15) is 13.2 Å². The molecule has 0 aliphatic rings. The van der Waals surface area contributed by atoms with Crippen LogP contribution >= 0.6 is 0 Å². The van der Waals surface area contributed by atoms with Crippen LogP contribution in [-0.2, 0) is 21.2 Å². The highest BCUT2D eigenvalue weighted by Gasteiger charge is 2.16.